The van der Waals surface area contributed by atoms with E-state index in [4.69, 9.17) is 3.63 Å². The highest BCUT2D eigenvalue weighted by molar-refractivity contribution is 8.31. The highest BCUT2D eigenvalue weighted by atomic mass is 32.3. The summed E-state index contributed by atoms with van der Waals surface area (Å²) in [7, 11) is -4.21. The second-order valence-electron chi connectivity index (χ2n) is 3.84. The molecule has 0 N–H and O–H groups in total. The molecule has 0 saturated heterocycles. The summed E-state index contributed by atoms with van der Waals surface area (Å²) in [6, 6.07) is 0. The number of rotatable bonds is 8. The summed E-state index contributed by atoms with van der Waals surface area (Å²) in [6.07, 6.45) is 8.18. The molecule has 15 heavy (non-hydrogen) atoms. The second kappa shape index (κ2) is 6.73. The van der Waals surface area contributed by atoms with E-state index in [1.165, 1.54) is 12.8 Å². The topological polar surface area (TPSA) is 52.6 Å². The lowest BCUT2D eigenvalue weighted by molar-refractivity contribution is 0.340. The molecule has 0 atom stereocenters. The van der Waals surface area contributed by atoms with Gasteiger partial charge in [0, 0.05) is 0 Å². The molecule has 0 spiro atoms. The highest BCUT2D eigenvalue weighted by Crippen LogP contribution is 2.44. The summed E-state index contributed by atoms with van der Waals surface area (Å²) in [4.78, 5) is 0. The van der Waals surface area contributed by atoms with Crippen molar-refractivity contribution in [2.24, 2.45) is 0 Å². The van der Waals surface area contributed by atoms with Gasteiger partial charge < -0.3 is 0 Å². The minimum Gasteiger partial charge on any atom is -0.251 e. The molecule has 0 unspecified atom stereocenters. The Balaban J connectivity index is 3.97. The zero-order chi connectivity index (χ0) is 11.9. The van der Waals surface area contributed by atoms with Gasteiger partial charge in [0.15, 0.2) is 0 Å². The first-order chi connectivity index (χ1) is 6.83. The number of hydrogen-bond acceptors (Lipinski definition) is 4. The standard InChI is InChI=1S/C9H22O4S2/c1-5-6-7-8-9-14(3,4)13-15(10,11)12-2/h5-9H2,1-4H3. The maximum atomic E-state index is 11.1. The van der Waals surface area contributed by atoms with Crippen LogP contribution < -0.4 is 0 Å². The summed E-state index contributed by atoms with van der Waals surface area (Å²) in [6.45, 7) is 2.14. The molecule has 0 saturated carbocycles. The van der Waals surface area contributed by atoms with Crippen LogP contribution >= 0.6 is 10.3 Å². The average Bonchev–Trinajstić information content (AvgIpc) is 2.11. The molecule has 6 heteroatoms. The number of hydrogen-bond donors (Lipinski definition) is 0. The fourth-order valence-electron chi connectivity index (χ4n) is 1.16. The van der Waals surface area contributed by atoms with E-state index < -0.39 is 20.7 Å². The summed E-state index contributed by atoms with van der Waals surface area (Å²) >= 11 is 0. The van der Waals surface area contributed by atoms with E-state index in [0.29, 0.717) is 0 Å². The maximum absolute atomic E-state index is 11.1. The second-order valence-corrected chi connectivity index (χ2v) is 8.82. The predicted molar refractivity (Wildman–Crippen MR) is 65.5 cm³/mol. The van der Waals surface area contributed by atoms with Gasteiger partial charge in [-0.15, -0.1) is 10.3 Å². The van der Waals surface area contributed by atoms with Gasteiger partial charge in [-0.25, -0.2) is 0 Å². The lowest BCUT2D eigenvalue weighted by Gasteiger charge is -2.28. The first-order valence-corrected chi connectivity index (χ1v) is 8.93. The SMILES string of the molecule is CCCCCCS(C)(C)OS(=O)(=O)OC. The van der Waals surface area contributed by atoms with Crippen molar-refractivity contribution >= 4 is 20.7 Å². The smallest absolute Gasteiger partial charge is 0.251 e. The van der Waals surface area contributed by atoms with Crippen molar-refractivity contribution < 1.29 is 16.2 Å². The van der Waals surface area contributed by atoms with Crippen molar-refractivity contribution in [2.75, 3.05) is 25.4 Å². The van der Waals surface area contributed by atoms with Crippen LogP contribution in [0.25, 0.3) is 0 Å². The van der Waals surface area contributed by atoms with Crippen LogP contribution in [0.1, 0.15) is 32.6 Å². The zero-order valence-electron chi connectivity index (χ0n) is 9.99. The van der Waals surface area contributed by atoms with Gasteiger partial charge in [-0.3, -0.25) is 4.18 Å². The van der Waals surface area contributed by atoms with Crippen molar-refractivity contribution in [3.8, 4) is 0 Å². The van der Waals surface area contributed by atoms with E-state index in [2.05, 4.69) is 11.1 Å². The zero-order valence-corrected chi connectivity index (χ0v) is 11.6. The van der Waals surface area contributed by atoms with Crippen LogP contribution in [0, 0.1) is 0 Å². The molecule has 0 rings (SSSR count). The lowest BCUT2D eigenvalue weighted by atomic mass is 10.2. The first kappa shape index (κ1) is 15.2. The Morgan fingerprint density at radius 1 is 1.07 bits per heavy atom. The summed E-state index contributed by atoms with van der Waals surface area (Å²) in [5.74, 6) is 0.801. The molecule has 0 fully saturated rings. The van der Waals surface area contributed by atoms with Crippen molar-refractivity contribution in [2.45, 2.75) is 32.6 Å². The molecule has 0 aromatic carbocycles. The molecule has 0 aromatic rings. The van der Waals surface area contributed by atoms with Crippen LogP contribution in [0.4, 0.5) is 0 Å². The molecule has 4 nitrogen and oxygen atoms in total. The Kier molecular flexibility index (Phi) is 6.83. The van der Waals surface area contributed by atoms with Crippen molar-refractivity contribution in [3.63, 3.8) is 0 Å². The maximum Gasteiger partial charge on any atom is 0.409 e. The lowest BCUT2D eigenvalue weighted by Crippen LogP contribution is -2.13. The minimum atomic E-state index is -3.78. The van der Waals surface area contributed by atoms with Crippen LogP contribution in [-0.2, 0) is 18.2 Å². The third-order valence-corrected chi connectivity index (χ3v) is 5.78. The van der Waals surface area contributed by atoms with E-state index >= 15 is 0 Å². The highest BCUT2D eigenvalue weighted by Gasteiger charge is 2.21. The molecule has 0 bridgehead atoms. The normalized spacial score (nSPS) is 14.1. The molecular formula is C9H22O4S2. The molecule has 0 aromatic heterocycles. The van der Waals surface area contributed by atoms with Gasteiger partial charge in [-0.05, 0) is 24.7 Å². The van der Waals surface area contributed by atoms with Crippen molar-refractivity contribution in [1.29, 1.82) is 0 Å². The first-order valence-electron chi connectivity index (χ1n) is 5.05. The fraction of sp³-hybridized carbons (Fsp3) is 1.00. The fourth-order valence-corrected chi connectivity index (χ4v) is 4.36. The Bertz CT molecular complexity index is 259. The molecule has 0 radical (unpaired) electrons. The summed E-state index contributed by atoms with van der Waals surface area (Å²) in [5, 5.41) is 0. The molecule has 0 aliphatic rings. The van der Waals surface area contributed by atoms with Crippen LogP contribution in [0.2, 0.25) is 0 Å². The summed E-state index contributed by atoms with van der Waals surface area (Å²) in [5.41, 5.74) is 0. The average molecular weight is 258 g/mol. The van der Waals surface area contributed by atoms with Gasteiger partial charge in [0.05, 0.1) is 7.11 Å². The van der Waals surface area contributed by atoms with E-state index in [-0.39, 0.29) is 0 Å². The van der Waals surface area contributed by atoms with Gasteiger partial charge in [-0.1, -0.05) is 26.2 Å². The third-order valence-electron chi connectivity index (χ3n) is 1.96. The van der Waals surface area contributed by atoms with Crippen molar-refractivity contribution in [3.05, 3.63) is 0 Å². The Morgan fingerprint density at radius 2 is 1.67 bits per heavy atom. The van der Waals surface area contributed by atoms with Gasteiger partial charge in [0.25, 0.3) is 0 Å². The Morgan fingerprint density at radius 3 is 2.13 bits per heavy atom. The Hall–Kier alpha value is 0.220. The molecule has 0 heterocycles. The van der Waals surface area contributed by atoms with E-state index in [9.17, 15) is 8.42 Å². The summed E-state index contributed by atoms with van der Waals surface area (Å²) < 4.78 is 31.4. The quantitative estimate of drug-likeness (QED) is 0.628. The van der Waals surface area contributed by atoms with Crippen LogP contribution in [0.5, 0.6) is 0 Å². The van der Waals surface area contributed by atoms with Gasteiger partial charge in [-0.2, -0.15) is 12.0 Å². The largest absolute Gasteiger partial charge is 0.409 e. The van der Waals surface area contributed by atoms with E-state index in [1.807, 2.05) is 12.5 Å². The van der Waals surface area contributed by atoms with Gasteiger partial charge in [0.2, 0.25) is 0 Å². The third kappa shape index (κ3) is 8.07. The number of unbranched alkanes of at least 4 members (excludes halogenated alkanes) is 3. The monoisotopic (exact) mass is 258 g/mol. The molecular weight excluding hydrogens is 236 g/mol. The van der Waals surface area contributed by atoms with E-state index in [1.54, 1.807) is 0 Å². The Labute approximate surface area is 95.2 Å². The predicted octanol–water partition coefficient (Wildman–Crippen LogP) is 2.45. The molecule has 0 aliphatic heterocycles. The van der Waals surface area contributed by atoms with Crippen LogP contribution in [-0.4, -0.2) is 33.8 Å². The minimum absolute atomic E-state index is 0.801. The van der Waals surface area contributed by atoms with Gasteiger partial charge in [0.1, 0.15) is 0 Å². The van der Waals surface area contributed by atoms with Crippen LogP contribution in [0.3, 0.4) is 0 Å². The molecule has 0 aliphatic carbocycles. The molecule has 0 amide bonds. The van der Waals surface area contributed by atoms with E-state index in [0.717, 1.165) is 25.7 Å². The molecule has 94 valence electrons. The van der Waals surface area contributed by atoms with Crippen LogP contribution in [0.15, 0.2) is 0 Å². The van der Waals surface area contributed by atoms with Gasteiger partial charge >= 0.3 is 10.4 Å². The van der Waals surface area contributed by atoms with Crippen molar-refractivity contribution in [1.82, 2.24) is 0 Å².